The highest BCUT2D eigenvalue weighted by Crippen LogP contribution is 2.38. The van der Waals surface area contributed by atoms with Gasteiger partial charge in [0.15, 0.2) is 5.65 Å². The van der Waals surface area contributed by atoms with Crippen LogP contribution in [0.5, 0.6) is 0 Å². The van der Waals surface area contributed by atoms with Gasteiger partial charge in [-0.15, -0.1) is 11.3 Å². The SMILES string of the molecule is NC(=O)c1c(NC(=O)Cn2cnc3c(cnn3-c3ccccc3)c2=O)sc2c1CCC2. The molecule has 9 nitrogen and oxygen atoms in total. The maximum atomic E-state index is 12.9. The summed E-state index contributed by atoms with van der Waals surface area (Å²) < 4.78 is 2.80. The van der Waals surface area contributed by atoms with Crippen molar-refractivity contribution in [1.29, 1.82) is 0 Å². The number of nitrogens with one attached hydrogen (secondary N) is 1. The first-order valence-electron chi connectivity index (χ1n) is 9.75. The number of aromatic nitrogens is 4. The molecule has 0 saturated heterocycles. The van der Waals surface area contributed by atoms with E-state index in [1.807, 2.05) is 30.3 Å². The van der Waals surface area contributed by atoms with E-state index in [-0.39, 0.29) is 12.1 Å². The zero-order valence-corrected chi connectivity index (χ0v) is 17.2. The average Bonchev–Trinajstić information content (AvgIpc) is 3.45. The third-order valence-corrected chi connectivity index (χ3v) is 6.50. The molecule has 0 fully saturated rings. The Morgan fingerprint density at radius 2 is 2.00 bits per heavy atom. The quantitative estimate of drug-likeness (QED) is 0.496. The Labute approximate surface area is 180 Å². The smallest absolute Gasteiger partial charge is 0.264 e. The molecule has 156 valence electrons. The van der Waals surface area contributed by atoms with E-state index >= 15 is 0 Å². The molecule has 4 aromatic rings. The highest BCUT2D eigenvalue weighted by molar-refractivity contribution is 7.17. The second-order valence-corrected chi connectivity index (χ2v) is 8.39. The van der Waals surface area contributed by atoms with Crippen LogP contribution < -0.4 is 16.6 Å². The molecule has 0 aliphatic heterocycles. The molecule has 10 heteroatoms. The molecule has 1 aliphatic rings. The lowest BCUT2D eigenvalue weighted by Crippen LogP contribution is -2.28. The van der Waals surface area contributed by atoms with E-state index < -0.39 is 11.8 Å². The molecule has 0 radical (unpaired) electrons. The second kappa shape index (κ2) is 7.47. The van der Waals surface area contributed by atoms with Gasteiger partial charge in [-0.25, -0.2) is 9.67 Å². The van der Waals surface area contributed by atoms with Gasteiger partial charge < -0.3 is 11.1 Å². The van der Waals surface area contributed by atoms with Crippen molar-refractivity contribution in [3.05, 3.63) is 69.2 Å². The summed E-state index contributed by atoms with van der Waals surface area (Å²) in [6.07, 6.45) is 5.41. The number of aryl methyl sites for hydroxylation is 1. The van der Waals surface area contributed by atoms with Gasteiger partial charge in [-0.2, -0.15) is 5.10 Å². The van der Waals surface area contributed by atoms with E-state index in [0.29, 0.717) is 21.6 Å². The van der Waals surface area contributed by atoms with Crippen molar-refractivity contribution in [3.8, 4) is 5.69 Å². The Balaban J connectivity index is 1.41. The summed E-state index contributed by atoms with van der Waals surface area (Å²) in [5.41, 5.74) is 7.68. The molecule has 1 aromatic carbocycles. The molecular formula is C21H18N6O3S. The summed E-state index contributed by atoms with van der Waals surface area (Å²) in [4.78, 5) is 42.8. The fourth-order valence-corrected chi connectivity index (χ4v) is 5.20. The first-order chi connectivity index (χ1) is 15.0. The van der Waals surface area contributed by atoms with Crippen molar-refractivity contribution < 1.29 is 9.59 Å². The number of rotatable bonds is 5. The number of nitrogens with zero attached hydrogens (tertiary/aromatic N) is 4. The number of primary amides is 1. The van der Waals surface area contributed by atoms with Crippen LogP contribution >= 0.6 is 11.3 Å². The summed E-state index contributed by atoms with van der Waals surface area (Å²) in [6.45, 7) is -0.237. The Morgan fingerprint density at radius 3 is 2.77 bits per heavy atom. The van der Waals surface area contributed by atoms with Gasteiger partial charge in [0, 0.05) is 4.88 Å². The summed E-state index contributed by atoms with van der Waals surface area (Å²) in [7, 11) is 0. The number of para-hydroxylation sites is 1. The van der Waals surface area contributed by atoms with Gasteiger partial charge in [-0.05, 0) is 37.0 Å². The number of benzene rings is 1. The Kier molecular flexibility index (Phi) is 4.63. The number of thiophene rings is 1. The average molecular weight is 434 g/mol. The van der Waals surface area contributed by atoms with Crippen molar-refractivity contribution in [2.45, 2.75) is 25.8 Å². The largest absolute Gasteiger partial charge is 0.365 e. The Bertz CT molecular complexity index is 1390. The van der Waals surface area contributed by atoms with Gasteiger partial charge in [0.05, 0.1) is 17.4 Å². The molecule has 1 aliphatic carbocycles. The van der Waals surface area contributed by atoms with E-state index in [1.165, 1.54) is 28.4 Å². The first kappa shape index (κ1) is 19.2. The van der Waals surface area contributed by atoms with Gasteiger partial charge >= 0.3 is 0 Å². The first-order valence-corrected chi connectivity index (χ1v) is 10.6. The maximum Gasteiger partial charge on any atom is 0.264 e. The lowest BCUT2D eigenvalue weighted by Gasteiger charge is -2.08. The molecule has 2 amide bonds. The molecule has 0 spiro atoms. The van der Waals surface area contributed by atoms with Gasteiger partial charge in [-0.1, -0.05) is 18.2 Å². The number of carbonyl (C=O) groups is 2. The summed E-state index contributed by atoms with van der Waals surface area (Å²) in [5, 5.41) is 7.77. The fourth-order valence-electron chi connectivity index (χ4n) is 3.89. The van der Waals surface area contributed by atoms with Crippen LogP contribution in [0.25, 0.3) is 16.7 Å². The van der Waals surface area contributed by atoms with E-state index in [2.05, 4.69) is 15.4 Å². The lowest BCUT2D eigenvalue weighted by molar-refractivity contribution is -0.116. The van der Waals surface area contributed by atoms with Crippen LogP contribution in [-0.2, 0) is 24.2 Å². The molecule has 0 atom stereocenters. The predicted octanol–water partition coefficient (Wildman–Crippen LogP) is 1.87. The molecule has 5 rings (SSSR count). The second-order valence-electron chi connectivity index (χ2n) is 7.28. The molecule has 3 aromatic heterocycles. The number of carbonyl (C=O) groups excluding carboxylic acids is 2. The van der Waals surface area contributed by atoms with Gasteiger partial charge in [0.1, 0.15) is 23.3 Å². The van der Waals surface area contributed by atoms with Crippen LogP contribution in [0.3, 0.4) is 0 Å². The molecule has 0 saturated carbocycles. The van der Waals surface area contributed by atoms with Gasteiger partial charge in [0.2, 0.25) is 5.91 Å². The minimum Gasteiger partial charge on any atom is -0.365 e. The number of hydrogen-bond acceptors (Lipinski definition) is 6. The van der Waals surface area contributed by atoms with Gasteiger partial charge in [0.25, 0.3) is 11.5 Å². The minimum atomic E-state index is -0.553. The van der Waals surface area contributed by atoms with Crippen LogP contribution in [0.2, 0.25) is 0 Å². The van der Waals surface area contributed by atoms with E-state index in [9.17, 15) is 14.4 Å². The number of anilines is 1. The normalized spacial score (nSPS) is 12.8. The van der Waals surface area contributed by atoms with Crippen molar-refractivity contribution in [3.63, 3.8) is 0 Å². The van der Waals surface area contributed by atoms with Crippen molar-refractivity contribution in [2.24, 2.45) is 5.73 Å². The number of nitrogens with two attached hydrogens (primary N) is 1. The number of fused-ring (bicyclic) bond motifs is 2. The van der Waals surface area contributed by atoms with Crippen LogP contribution in [0, 0.1) is 0 Å². The lowest BCUT2D eigenvalue weighted by atomic mass is 10.1. The fraction of sp³-hybridized carbons (Fsp3) is 0.190. The Hall–Kier alpha value is -3.79. The van der Waals surface area contributed by atoms with E-state index in [0.717, 1.165) is 35.4 Å². The molecule has 3 heterocycles. The molecule has 0 bridgehead atoms. The topological polar surface area (TPSA) is 125 Å². The molecule has 31 heavy (non-hydrogen) atoms. The zero-order chi connectivity index (χ0) is 21.5. The van der Waals surface area contributed by atoms with Crippen molar-refractivity contribution >= 4 is 39.2 Å². The molecule has 0 unspecified atom stereocenters. The summed E-state index contributed by atoms with van der Waals surface area (Å²) in [6, 6.07) is 9.36. The zero-order valence-electron chi connectivity index (χ0n) is 16.4. The predicted molar refractivity (Wildman–Crippen MR) is 117 cm³/mol. The van der Waals surface area contributed by atoms with Crippen molar-refractivity contribution in [2.75, 3.05) is 5.32 Å². The van der Waals surface area contributed by atoms with Crippen LogP contribution in [-0.4, -0.2) is 31.1 Å². The van der Waals surface area contributed by atoms with Crippen LogP contribution in [0.15, 0.2) is 47.7 Å². The minimum absolute atomic E-state index is 0.237. The monoisotopic (exact) mass is 434 g/mol. The summed E-state index contributed by atoms with van der Waals surface area (Å²) in [5.74, 6) is -0.982. The third kappa shape index (κ3) is 3.30. The van der Waals surface area contributed by atoms with Crippen LogP contribution in [0.1, 0.15) is 27.2 Å². The maximum absolute atomic E-state index is 12.9. The van der Waals surface area contributed by atoms with Gasteiger partial charge in [-0.3, -0.25) is 19.0 Å². The standard InChI is InChI=1S/C21H18N6O3S/c22-18(29)17-13-7-4-8-15(13)31-20(17)25-16(28)10-26-11-23-19-14(21(26)30)9-24-27(19)12-5-2-1-3-6-12/h1-3,5-6,9,11H,4,7-8,10H2,(H2,22,29)(H,25,28). The third-order valence-electron chi connectivity index (χ3n) is 5.29. The Morgan fingerprint density at radius 1 is 1.19 bits per heavy atom. The van der Waals surface area contributed by atoms with E-state index in [1.54, 1.807) is 4.68 Å². The highest BCUT2D eigenvalue weighted by Gasteiger charge is 2.26. The van der Waals surface area contributed by atoms with E-state index in [4.69, 9.17) is 5.73 Å². The van der Waals surface area contributed by atoms with Crippen LogP contribution in [0.4, 0.5) is 5.00 Å². The number of hydrogen-bond donors (Lipinski definition) is 2. The molecule has 3 N–H and O–H groups in total. The molecular weight excluding hydrogens is 416 g/mol. The van der Waals surface area contributed by atoms with Crippen molar-refractivity contribution in [1.82, 2.24) is 19.3 Å². The summed E-state index contributed by atoms with van der Waals surface area (Å²) >= 11 is 1.37. The highest BCUT2D eigenvalue weighted by atomic mass is 32.1. The number of amides is 2.